The fourth-order valence-corrected chi connectivity index (χ4v) is 2.73. The first-order valence-electron chi connectivity index (χ1n) is 8.39. The van der Waals surface area contributed by atoms with Gasteiger partial charge in [0.1, 0.15) is 0 Å². The molecule has 0 unspecified atom stereocenters. The highest BCUT2D eigenvalue weighted by molar-refractivity contribution is 5.97. The third-order valence-corrected chi connectivity index (χ3v) is 4.34. The van der Waals surface area contributed by atoms with Gasteiger partial charge in [0, 0.05) is 43.5 Å². The van der Waals surface area contributed by atoms with E-state index in [1.54, 1.807) is 30.5 Å². The lowest BCUT2D eigenvalue weighted by Crippen LogP contribution is -2.47. The highest BCUT2D eigenvalue weighted by Gasteiger charge is 2.20. The monoisotopic (exact) mass is 338 g/mol. The maximum atomic E-state index is 12.5. The molecule has 0 aliphatic carbocycles. The summed E-state index contributed by atoms with van der Waals surface area (Å²) in [6.07, 6.45) is 1.69. The summed E-state index contributed by atoms with van der Waals surface area (Å²) in [4.78, 5) is 32.9. The van der Waals surface area contributed by atoms with Gasteiger partial charge in [0.05, 0.1) is 12.2 Å². The van der Waals surface area contributed by atoms with E-state index >= 15 is 0 Å². The Morgan fingerprint density at radius 2 is 1.68 bits per heavy atom. The fourth-order valence-electron chi connectivity index (χ4n) is 2.73. The third kappa shape index (κ3) is 4.42. The van der Waals surface area contributed by atoms with Crippen molar-refractivity contribution in [1.29, 1.82) is 0 Å². The van der Waals surface area contributed by atoms with Gasteiger partial charge < -0.3 is 15.1 Å². The molecule has 1 aromatic carbocycles. The second-order valence-corrected chi connectivity index (χ2v) is 6.18. The Labute approximate surface area is 147 Å². The van der Waals surface area contributed by atoms with Crippen molar-refractivity contribution in [3.05, 3.63) is 65.5 Å². The number of aromatic nitrogens is 1. The number of rotatable bonds is 4. The zero-order valence-corrected chi connectivity index (χ0v) is 14.3. The van der Waals surface area contributed by atoms with E-state index < -0.39 is 0 Å². The van der Waals surface area contributed by atoms with E-state index in [-0.39, 0.29) is 11.8 Å². The van der Waals surface area contributed by atoms with Gasteiger partial charge in [-0.3, -0.25) is 14.6 Å². The summed E-state index contributed by atoms with van der Waals surface area (Å²) in [5, 5.41) is 2.83. The maximum Gasteiger partial charge on any atom is 0.253 e. The molecule has 1 aliphatic heterocycles. The average molecular weight is 338 g/mol. The summed E-state index contributed by atoms with van der Waals surface area (Å²) in [5.41, 5.74) is 1.95. The van der Waals surface area contributed by atoms with E-state index in [0.29, 0.717) is 17.7 Å². The molecule has 6 nitrogen and oxygen atoms in total. The number of likely N-dealkylation sites (N-methyl/N-ethyl adjacent to an activating group) is 1. The molecule has 1 aliphatic rings. The molecule has 2 amide bonds. The Kier molecular flexibility index (Phi) is 5.40. The maximum absolute atomic E-state index is 12.5. The normalized spacial score (nSPS) is 15.0. The van der Waals surface area contributed by atoms with E-state index in [4.69, 9.17) is 0 Å². The summed E-state index contributed by atoms with van der Waals surface area (Å²) >= 11 is 0. The molecule has 0 saturated carbocycles. The standard InChI is InChI=1S/C19H22N4O2/c1-22-10-12-23(13-11-22)19(25)16-7-5-15(6-8-16)18(24)21-14-17-4-2-3-9-20-17/h2-9H,10-14H2,1H3,(H,21,24). The molecule has 0 radical (unpaired) electrons. The predicted molar refractivity (Wildman–Crippen MR) is 95.2 cm³/mol. The summed E-state index contributed by atoms with van der Waals surface area (Å²) in [5.74, 6) is -0.155. The van der Waals surface area contributed by atoms with Crippen LogP contribution in [-0.2, 0) is 6.54 Å². The van der Waals surface area contributed by atoms with Gasteiger partial charge in [0.15, 0.2) is 0 Å². The van der Waals surface area contributed by atoms with E-state index in [1.165, 1.54) is 0 Å². The lowest BCUT2D eigenvalue weighted by Gasteiger charge is -2.32. The molecule has 1 saturated heterocycles. The van der Waals surface area contributed by atoms with Gasteiger partial charge in [0.2, 0.25) is 0 Å². The second-order valence-electron chi connectivity index (χ2n) is 6.18. The van der Waals surface area contributed by atoms with Crippen LogP contribution in [0.4, 0.5) is 0 Å². The van der Waals surface area contributed by atoms with Crippen LogP contribution in [-0.4, -0.2) is 59.8 Å². The zero-order chi connectivity index (χ0) is 17.6. The zero-order valence-electron chi connectivity index (χ0n) is 14.3. The SMILES string of the molecule is CN1CCN(C(=O)c2ccc(C(=O)NCc3ccccn3)cc2)CC1. The van der Waals surface area contributed by atoms with Crippen molar-refractivity contribution in [2.24, 2.45) is 0 Å². The van der Waals surface area contributed by atoms with Crippen LogP contribution in [0.3, 0.4) is 0 Å². The average Bonchev–Trinajstić information content (AvgIpc) is 2.67. The van der Waals surface area contributed by atoms with Gasteiger partial charge in [-0.2, -0.15) is 0 Å². The molecule has 25 heavy (non-hydrogen) atoms. The number of amides is 2. The van der Waals surface area contributed by atoms with Crippen molar-refractivity contribution in [2.45, 2.75) is 6.54 Å². The molecule has 0 spiro atoms. The smallest absolute Gasteiger partial charge is 0.253 e. The molecular formula is C19H22N4O2. The van der Waals surface area contributed by atoms with Gasteiger partial charge in [-0.05, 0) is 43.4 Å². The van der Waals surface area contributed by atoms with Crippen LogP contribution in [0.2, 0.25) is 0 Å². The lowest BCUT2D eigenvalue weighted by molar-refractivity contribution is 0.0663. The summed E-state index contributed by atoms with van der Waals surface area (Å²) < 4.78 is 0. The Morgan fingerprint density at radius 1 is 1.00 bits per heavy atom. The second kappa shape index (κ2) is 7.90. The predicted octanol–water partition coefficient (Wildman–Crippen LogP) is 1.40. The molecule has 2 heterocycles. The van der Waals surface area contributed by atoms with Gasteiger partial charge in [-0.1, -0.05) is 6.07 Å². The first-order chi connectivity index (χ1) is 12.1. The molecule has 6 heteroatoms. The third-order valence-electron chi connectivity index (χ3n) is 4.34. The van der Waals surface area contributed by atoms with Crippen molar-refractivity contribution >= 4 is 11.8 Å². The minimum absolute atomic E-state index is 0.0218. The highest BCUT2D eigenvalue weighted by atomic mass is 16.2. The van der Waals surface area contributed by atoms with Crippen molar-refractivity contribution in [3.63, 3.8) is 0 Å². The number of nitrogens with zero attached hydrogens (tertiary/aromatic N) is 3. The van der Waals surface area contributed by atoms with E-state index in [0.717, 1.165) is 31.9 Å². The Hall–Kier alpha value is -2.73. The number of piperazine rings is 1. The van der Waals surface area contributed by atoms with E-state index in [2.05, 4.69) is 22.2 Å². The largest absolute Gasteiger partial charge is 0.346 e. The molecule has 1 fully saturated rings. The van der Waals surface area contributed by atoms with E-state index in [1.807, 2.05) is 23.1 Å². The Balaban J connectivity index is 1.58. The fraction of sp³-hybridized carbons (Fsp3) is 0.316. The van der Waals surface area contributed by atoms with Crippen LogP contribution in [0.1, 0.15) is 26.4 Å². The molecule has 130 valence electrons. The van der Waals surface area contributed by atoms with Crippen LogP contribution in [0, 0.1) is 0 Å². The van der Waals surface area contributed by atoms with Crippen molar-refractivity contribution in [3.8, 4) is 0 Å². The van der Waals surface area contributed by atoms with Gasteiger partial charge in [-0.15, -0.1) is 0 Å². The minimum Gasteiger partial charge on any atom is -0.346 e. The molecule has 1 aromatic heterocycles. The lowest BCUT2D eigenvalue weighted by atomic mass is 10.1. The van der Waals surface area contributed by atoms with Crippen molar-refractivity contribution in [1.82, 2.24) is 20.1 Å². The van der Waals surface area contributed by atoms with E-state index in [9.17, 15) is 9.59 Å². The molecule has 3 rings (SSSR count). The van der Waals surface area contributed by atoms with Gasteiger partial charge >= 0.3 is 0 Å². The first-order valence-corrected chi connectivity index (χ1v) is 8.39. The minimum atomic E-state index is -0.177. The number of hydrogen-bond donors (Lipinski definition) is 1. The molecular weight excluding hydrogens is 316 g/mol. The number of nitrogens with one attached hydrogen (secondary N) is 1. The quantitative estimate of drug-likeness (QED) is 0.915. The van der Waals surface area contributed by atoms with Crippen molar-refractivity contribution in [2.75, 3.05) is 33.2 Å². The highest BCUT2D eigenvalue weighted by Crippen LogP contribution is 2.10. The molecule has 0 atom stereocenters. The Bertz CT molecular complexity index is 723. The van der Waals surface area contributed by atoms with Crippen molar-refractivity contribution < 1.29 is 9.59 Å². The van der Waals surface area contributed by atoms with Crippen LogP contribution in [0.25, 0.3) is 0 Å². The van der Waals surface area contributed by atoms with Crippen LogP contribution in [0.5, 0.6) is 0 Å². The van der Waals surface area contributed by atoms with Gasteiger partial charge in [-0.25, -0.2) is 0 Å². The molecule has 0 bridgehead atoms. The Morgan fingerprint density at radius 3 is 2.32 bits per heavy atom. The van der Waals surface area contributed by atoms with Crippen LogP contribution in [0.15, 0.2) is 48.7 Å². The summed E-state index contributed by atoms with van der Waals surface area (Å²) in [7, 11) is 2.06. The topological polar surface area (TPSA) is 65.5 Å². The molecule has 2 aromatic rings. The number of pyridine rings is 1. The number of hydrogen-bond acceptors (Lipinski definition) is 4. The number of carbonyl (C=O) groups is 2. The van der Waals surface area contributed by atoms with Gasteiger partial charge in [0.25, 0.3) is 11.8 Å². The van der Waals surface area contributed by atoms with Crippen LogP contribution < -0.4 is 5.32 Å². The summed E-state index contributed by atoms with van der Waals surface area (Å²) in [6, 6.07) is 12.4. The first kappa shape index (κ1) is 17.1. The summed E-state index contributed by atoms with van der Waals surface area (Å²) in [6.45, 7) is 3.63. The van der Waals surface area contributed by atoms with Crippen LogP contribution >= 0.6 is 0 Å². The molecule has 1 N–H and O–H groups in total. The number of benzene rings is 1. The number of carbonyl (C=O) groups excluding carboxylic acids is 2.